The van der Waals surface area contributed by atoms with Crippen molar-refractivity contribution in [1.29, 1.82) is 5.26 Å². The SMILES string of the molecule is Cc1ccc(C(C#N)=Nc2ccccc2)cc1. The quantitative estimate of drug-likeness (QED) is 0.712. The summed E-state index contributed by atoms with van der Waals surface area (Å²) in [4.78, 5) is 4.33. The fourth-order valence-electron chi connectivity index (χ4n) is 1.50. The number of nitrogens with zero attached hydrogens (tertiary/aromatic N) is 2. The summed E-state index contributed by atoms with van der Waals surface area (Å²) in [6.45, 7) is 2.02. The van der Waals surface area contributed by atoms with Crippen LogP contribution in [0.25, 0.3) is 0 Å². The minimum absolute atomic E-state index is 0.441. The van der Waals surface area contributed by atoms with Crippen LogP contribution < -0.4 is 0 Å². The average Bonchev–Trinajstić information content (AvgIpc) is 2.38. The minimum atomic E-state index is 0.441. The molecule has 0 atom stereocenters. The van der Waals surface area contributed by atoms with Gasteiger partial charge in [0, 0.05) is 5.56 Å². The van der Waals surface area contributed by atoms with Crippen molar-refractivity contribution in [3.63, 3.8) is 0 Å². The summed E-state index contributed by atoms with van der Waals surface area (Å²) < 4.78 is 0. The highest BCUT2D eigenvalue weighted by Gasteiger charge is 2.01. The number of aryl methyl sites for hydroxylation is 1. The van der Waals surface area contributed by atoms with E-state index in [1.165, 1.54) is 5.56 Å². The van der Waals surface area contributed by atoms with Crippen LogP contribution in [0.2, 0.25) is 0 Å². The lowest BCUT2D eigenvalue weighted by molar-refractivity contribution is 1.44. The first-order valence-corrected chi connectivity index (χ1v) is 5.40. The molecule has 2 aromatic rings. The van der Waals surface area contributed by atoms with E-state index in [1.807, 2.05) is 61.5 Å². The minimum Gasteiger partial charge on any atom is -0.237 e. The van der Waals surface area contributed by atoms with Crippen LogP contribution in [0.5, 0.6) is 0 Å². The summed E-state index contributed by atoms with van der Waals surface area (Å²) in [5.41, 5.74) is 3.26. The van der Waals surface area contributed by atoms with E-state index in [0.717, 1.165) is 11.3 Å². The lowest BCUT2D eigenvalue weighted by atomic mass is 10.1. The Labute approximate surface area is 101 Å². The maximum absolute atomic E-state index is 9.13. The molecule has 0 spiro atoms. The van der Waals surface area contributed by atoms with Crippen molar-refractivity contribution in [1.82, 2.24) is 0 Å². The molecule has 82 valence electrons. The summed E-state index contributed by atoms with van der Waals surface area (Å²) in [5, 5.41) is 9.13. The molecule has 0 bridgehead atoms. The largest absolute Gasteiger partial charge is 0.237 e. The lowest BCUT2D eigenvalue weighted by Crippen LogP contribution is -1.96. The molecule has 0 N–H and O–H groups in total. The summed E-state index contributed by atoms with van der Waals surface area (Å²) in [7, 11) is 0. The average molecular weight is 220 g/mol. The standard InChI is InChI=1S/C15H12N2/c1-12-7-9-13(10-8-12)15(11-16)17-14-5-3-2-4-6-14/h2-10H,1H3. The predicted molar refractivity (Wildman–Crippen MR) is 69.4 cm³/mol. The third-order valence-corrected chi connectivity index (χ3v) is 2.43. The second-order valence-corrected chi connectivity index (χ2v) is 3.77. The van der Waals surface area contributed by atoms with Crippen LogP contribution >= 0.6 is 0 Å². The van der Waals surface area contributed by atoms with Crippen LogP contribution in [0.1, 0.15) is 11.1 Å². The smallest absolute Gasteiger partial charge is 0.148 e. The van der Waals surface area contributed by atoms with Crippen LogP contribution in [-0.2, 0) is 0 Å². The highest BCUT2D eigenvalue weighted by atomic mass is 14.7. The van der Waals surface area contributed by atoms with E-state index in [-0.39, 0.29) is 0 Å². The van der Waals surface area contributed by atoms with Gasteiger partial charge in [-0.3, -0.25) is 0 Å². The summed E-state index contributed by atoms with van der Waals surface area (Å²) in [6, 6.07) is 19.4. The zero-order chi connectivity index (χ0) is 12.1. The Balaban J connectivity index is 2.38. The maximum atomic E-state index is 9.13. The highest BCUT2D eigenvalue weighted by Crippen LogP contribution is 2.13. The maximum Gasteiger partial charge on any atom is 0.148 e. The molecule has 0 fully saturated rings. The summed E-state index contributed by atoms with van der Waals surface area (Å²) in [5.74, 6) is 0. The Morgan fingerprint density at radius 3 is 2.24 bits per heavy atom. The zero-order valence-electron chi connectivity index (χ0n) is 9.59. The fourth-order valence-corrected chi connectivity index (χ4v) is 1.50. The van der Waals surface area contributed by atoms with Crippen LogP contribution in [0, 0.1) is 18.3 Å². The Hall–Kier alpha value is -2.40. The predicted octanol–water partition coefficient (Wildman–Crippen LogP) is 3.64. The first kappa shape index (κ1) is 11.1. The van der Waals surface area contributed by atoms with Gasteiger partial charge in [0.25, 0.3) is 0 Å². The van der Waals surface area contributed by atoms with Crippen molar-refractivity contribution in [2.75, 3.05) is 0 Å². The van der Waals surface area contributed by atoms with E-state index in [9.17, 15) is 0 Å². The van der Waals surface area contributed by atoms with E-state index in [0.29, 0.717) is 5.71 Å². The normalized spacial score (nSPS) is 10.9. The number of para-hydroxylation sites is 1. The number of aliphatic imine (C=N–C) groups is 1. The van der Waals surface area contributed by atoms with Crippen molar-refractivity contribution in [2.45, 2.75) is 6.92 Å². The van der Waals surface area contributed by atoms with Gasteiger partial charge < -0.3 is 0 Å². The number of hydrogen-bond acceptors (Lipinski definition) is 2. The van der Waals surface area contributed by atoms with Gasteiger partial charge in [0.05, 0.1) is 5.69 Å². The Morgan fingerprint density at radius 1 is 1.00 bits per heavy atom. The van der Waals surface area contributed by atoms with Gasteiger partial charge in [0.15, 0.2) is 0 Å². The van der Waals surface area contributed by atoms with Gasteiger partial charge in [-0.1, -0.05) is 48.0 Å². The van der Waals surface area contributed by atoms with Gasteiger partial charge in [0.1, 0.15) is 11.8 Å². The molecular weight excluding hydrogens is 208 g/mol. The number of benzene rings is 2. The van der Waals surface area contributed by atoms with Gasteiger partial charge in [-0.25, -0.2) is 4.99 Å². The third-order valence-electron chi connectivity index (χ3n) is 2.43. The lowest BCUT2D eigenvalue weighted by Gasteiger charge is -1.99. The molecule has 0 aliphatic rings. The molecule has 2 rings (SSSR count). The first-order chi connectivity index (χ1) is 8.29. The van der Waals surface area contributed by atoms with Crippen molar-refractivity contribution in [2.24, 2.45) is 4.99 Å². The third kappa shape index (κ3) is 2.79. The van der Waals surface area contributed by atoms with Gasteiger partial charge in [0.2, 0.25) is 0 Å². The van der Waals surface area contributed by atoms with Crippen LogP contribution in [0.3, 0.4) is 0 Å². The number of rotatable bonds is 2. The van der Waals surface area contributed by atoms with Crippen molar-refractivity contribution in [3.05, 3.63) is 65.7 Å². The monoisotopic (exact) mass is 220 g/mol. The molecule has 0 unspecified atom stereocenters. The van der Waals surface area contributed by atoms with E-state index in [2.05, 4.69) is 11.1 Å². The van der Waals surface area contributed by atoms with Gasteiger partial charge >= 0.3 is 0 Å². The molecule has 2 nitrogen and oxygen atoms in total. The van der Waals surface area contributed by atoms with Gasteiger partial charge in [-0.15, -0.1) is 0 Å². The Morgan fingerprint density at radius 2 is 1.65 bits per heavy atom. The van der Waals surface area contributed by atoms with Gasteiger partial charge in [-0.2, -0.15) is 5.26 Å². The second kappa shape index (κ2) is 5.09. The Bertz CT molecular complexity index is 560. The molecular formula is C15H12N2. The van der Waals surface area contributed by atoms with Crippen molar-refractivity contribution < 1.29 is 0 Å². The molecule has 0 aliphatic carbocycles. The van der Waals surface area contributed by atoms with Crippen molar-refractivity contribution >= 4 is 11.4 Å². The van der Waals surface area contributed by atoms with Crippen LogP contribution in [-0.4, -0.2) is 5.71 Å². The molecule has 17 heavy (non-hydrogen) atoms. The molecule has 2 aromatic carbocycles. The number of nitriles is 1. The van der Waals surface area contributed by atoms with E-state index < -0.39 is 0 Å². The number of hydrogen-bond donors (Lipinski definition) is 0. The molecule has 0 saturated carbocycles. The van der Waals surface area contributed by atoms with E-state index >= 15 is 0 Å². The molecule has 0 radical (unpaired) electrons. The van der Waals surface area contributed by atoms with E-state index in [4.69, 9.17) is 5.26 Å². The van der Waals surface area contributed by atoms with Gasteiger partial charge in [-0.05, 0) is 19.1 Å². The molecule has 0 aromatic heterocycles. The summed E-state index contributed by atoms with van der Waals surface area (Å²) in [6.07, 6.45) is 0. The second-order valence-electron chi connectivity index (χ2n) is 3.77. The summed E-state index contributed by atoms with van der Waals surface area (Å²) >= 11 is 0. The fraction of sp³-hybridized carbons (Fsp3) is 0.0667. The highest BCUT2D eigenvalue weighted by molar-refractivity contribution is 6.12. The Kier molecular flexibility index (Phi) is 3.32. The molecule has 0 aliphatic heterocycles. The molecule has 0 saturated heterocycles. The van der Waals surface area contributed by atoms with Crippen LogP contribution in [0.4, 0.5) is 5.69 Å². The first-order valence-electron chi connectivity index (χ1n) is 5.40. The molecule has 0 heterocycles. The van der Waals surface area contributed by atoms with Crippen molar-refractivity contribution in [3.8, 4) is 6.07 Å². The zero-order valence-corrected chi connectivity index (χ0v) is 9.59. The topological polar surface area (TPSA) is 36.1 Å². The molecule has 2 heteroatoms. The molecule has 0 amide bonds. The van der Waals surface area contributed by atoms with E-state index in [1.54, 1.807) is 0 Å². The van der Waals surface area contributed by atoms with Crippen LogP contribution in [0.15, 0.2) is 59.6 Å².